The molecule has 0 radical (unpaired) electrons. The van der Waals surface area contributed by atoms with E-state index in [9.17, 15) is 0 Å². The summed E-state index contributed by atoms with van der Waals surface area (Å²) in [6, 6.07) is 0. The Bertz CT molecular complexity index is 140. The highest BCUT2D eigenvalue weighted by Crippen LogP contribution is 2.22. The van der Waals surface area contributed by atoms with Crippen molar-refractivity contribution in [2.45, 2.75) is 46.1 Å². The van der Waals surface area contributed by atoms with Crippen molar-refractivity contribution in [2.75, 3.05) is 32.7 Å². The molecule has 0 unspecified atom stereocenters. The molecule has 3 nitrogen and oxygen atoms in total. The molecule has 0 saturated heterocycles. The molecule has 0 bridgehead atoms. The van der Waals surface area contributed by atoms with E-state index in [2.05, 4.69) is 37.9 Å². The first-order valence-corrected chi connectivity index (χ1v) is 6.36. The van der Waals surface area contributed by atoms with Crippen LogP contribution < -0.4 is 11.1 Å². The summed E-state index contributed by atoms with van der Waals surface area (Å²) >= 11 is 0. The van der Waals surface area contributed by atoms with Crippen molar-refractivity contribution in [3.8, 4) is 0 Å². The minimum absolute atomic E-state index is 0.318. The predicted molar refractivity (Wildman–Crippen MR) is 68.2 cm³/mol. The van der Waals surface area contributed by atoms with Gasteiger partial charge in [-0.3, -0.25) is 4.90 Å². The molecule has 0 heterocycles. The van der Waals surface area contributed by atoms with Crippen LogP contribution in [0.25, 0.3) is 0 Å². The van der Waals surface area contributed by atoms with Crippen LogP contribution in [-0.2, 0) is 0 Å². The zero-order valence-corrected chi connectivity index (χ0v) is 11.0. The molecule has 0 spiro atoms. The lowest BCUT2D eigenvalue weighted by Crippen LogP contribution is -2.54. The molecule has 0 aromatic carbocycles. The highest BCUT2D eigenvalue weighted by atomic mass is 15.2. The normalized spacial score (nSPS) is 12.4. The lowest BCUT2D eigenvalue weighted by Gasteiger charge is -2.42. The van der Waals surface area contributed by atoms with Crippen LogP contribution in [0, 0.1) is 0 Å². The van der Waals surface area contributed by atoms with Gasteiger partial charge in [-0.25, -0.2) is 0 Å². The highest BCUT2D eigenvalue weighted by Gasteiger charge is 2.30. The Balaban J connectivity index is 4.40. The van der Waals surface area contributed by atoms with Gasteiger partial charge in [0.25, 0.3) is 0 Å². The van der Waals surface area contributed by atoms with Gasteiger partial charge in [-0.15, -0.1) is 0 Å². The molecule has 0 aromatic rings. The summed E-state index contributed by atoms with van der Waals surface area (Å²) in [6.07, 6.45) is 2.39. The van der Waals surface area contributed by atoms with Crippen molar-refractivity contribution in [3.63, 3.8) is 0 Å². The van der Waals surface area contributed by atoms with E-state index in [1.54, 1.807) is 0 Å². The second-order valence-corrected chi connectivity index (χ2v) is 4.07. The summed E-state index contributed by atoms with van der Waals surface area (Å²) in [6.45, 7) is 14.0. The monoisotopic (exact) mass is 215 g/mol. The molecule has 0 saturated carbocycles. The molecule has 92 valence electrons. The number of nitrogens with two attached hydrogens (primary N) is 1. The van der Waals surface area contributed by atoms with Crippen LogP contribution in [0.15, 0.2) is 0 Å². The van der Waals surface area contributed by atoms with Crippen LogP contribution >= 0.6 is 0 Å². The largest absolute Gasteiger partial charge is 0.329 e. The Kier molecular flexibility index (Phi) is 8.02. The smallest absolute Gasteiger partial charge is 0.0328 e. The van der Waals surface area contributed by atoms with Gasteiger partial charge in [0.2, 0.25) is 0 Å². The maximum Gasteiger partial charge on any atom is 0.0328 e. The van der Waals surface area contributed by atoms with Crippen molar-refractivity contribution in [2.24, 2.45) is 5.73 Å². The number of rotatable bonds is 9. The van der Waals surface area contributed by atoms with Crippen LogP contribution in [0.3, 0.4) is 0 Å². The fourth-order valence-corrected chi connectivity index (χ4v) is 2.38. The summed E-state index contributed by atoms with van der Waals surface area (Å²) in [5.74, 6) is 0. The van der Waals surface area contributed by atoms with Gasteiger partial charge in [0, 0.05) is 25.2 Å². The molecule has 15 heavy (non-hydrogen) atoms. The van der Waals surface area contributed by atoms with Gasteiger partial charge in [-0.2, -0.15) is 0 Å². The predicted octanol–water partition coefficient (Wildman–Crippen LogP) is 1.44. The Hall–Kier alpha value is -0.120. The van der Waals surface area contributed by atoms with E-state index < -0.39 is 0 Å². The molecule has 3 heteroatoms. The number of nitrogens with zero attached hydrogens (tertiary/aromatic N) is 1. The number of hydrogen-bond donors (Lipinski definition) is 2. The van der Waals surface area contributed by atoms with Gasteiger partial charge in [-0.05, 0) is 25.9 Å². The molecular weight excluding hydrogens is 186 g/mol. The lowest BCUT2D eigenvalue weighted by molar-refractivity contribution is 0.0885. The number of likely N-dealkylation sites (N-methyl/N-ethyl adjacent to an activating group) is 1. The zero-order chi connectivity index (χ0) is 11.7. The first-order chi connectivity index (χ1) is 7.20. The second kappa shape index (κ2) is 8.08. The van der Waals surface area contributed by atoms with Crippen molar-refractivity contribution in [1.29, 1.82) is 0 Å². The number of nitrogens with one attached hydrogen (secondary N) is 1. The van der Waals surface area contributed by atoms with Crippen molar-refractivity contribution in [3.05, 3.63) is 0 Å². The molecule has 0 rings (SSSR count). The average molecular weight is 215 g/mol. The topological polar surface area (TPSA) is 41.3 Å². The standard InChI is InChI=1S/C12H29N3/c1-5-12(6-2,11-14-10-9-13)15(7-3)8-4/h14H,5-11,13H2,1-4H3. The maximum atomic E-state index is 5.51. The fraction of sp³-hybridized carbons (Fsp3) is 1.00. The molecule has 0 fully saturated rings. The summed E-state index contributed by atoms with van der Waals surface area (Å²) in [5.41, 5.74) is 5.82. The third-order valence-electron chi connectivity index (χ3n) is 3.53. The summed E-state index contributed by atoms with van der Waals surface area (Å²) in [4.78, 5) is 2.57. The molecule has 0 amide bonds. The van der Waals surface area contributed by atoms with Gasteiger partial charge in [-0.1, -0.05) is 27.7 Å². The van der Waals surface area contributed by atoms with E-state index in [-0.39, 0.29) is 0 Å². The van der Waals surface area contributed by atoms with Gasteiger partial charge in [0.05, 0.1) is 0 Å². The van der Waals surface area contributed by atoms with Crippen molar-refractivity contribution in [1.82, 2.24) is 10.2 Å². The average Bonchev–Trinajstić information content (AvgIpc) is 2.28. The summed E-state index contributed by atoms with van der Waals surface area (Å²) in [5, 5.41) is 3.46. The Morgan fingerprint density at radius 1 is 1.07 bits per heavy atom. The highest BCUT2D eigenvalue weighted by molar-refractivity contribution is 4.89. The molecule has 0 atom stereocenters. The third kappa shape index (κ3) is 4.09. The molecular formula is C12H29N3. The van der Waals surface area contributed by atoms with Crippen LogP contribution in [0.4, 0.5) is 0 Å². The van der Waals surface area contributed by atoms with Crippen LogP contribution in [0.1, 0.15) is 40.5 Å². The van der Waals surface area contributed by atoms with E-state index in [1.807, 2.05) is 0 Å². The molecule has 0 aromatic heterocycles. The zero-order valence-electron chi connectivity index (χ0n) is 11.0. The summed E-state index contributed by atoms with van der Waals surface area (Å²) < 4.78 is 0. The van der Waals surface area contributed by atoms with Crippen molar-refractivity contribution < 1.29 is 0 Å². The molecule has 3 N–H and O–H groups in total. The molecule has 0 aliphatic rings. The van der Waals surface area contributed by atoms with Gasteiger partial charge in [0.15, 0.2) is 0 Å². The van der Waals surface area contributed by atoms with Crippen LogP contribution in [-0.4, -0.2) is 43.2 Å². The third-order valence-corrected chi connectivity index (χ3v) is 3.53. The van der Waals surface area contributed by atoms with E-state index >= 15 is 0 Å². The minimum atomic E-state index is 0.318. The quantitative estimate of drug-likeness (QED) is 0.572. The Labute approximate surface area is 95.4 Å². The van der Waals surface area contributed by atoms with E-state index in [4.69, 9.17) is 5.73 Å². The van der Waals surface area contributed by atoms with Crippen LogP contribution in [0.2, 0.25) is 0 Å². The fourth-order valence-electron chi connectivity index (χ4n) is 2.38. The Morgan fingerprint density at radius 3 is 1.93 bits per heavy atom. The Morgan fingerprint density at radius 2 is 1.60 bits per heavy atom. The summed E-state index contributed by atoms with van der Waals surface area (Å²) in [7, 11) is 0. The van der Waals surface area contributed by atoms with Crippen molar-refractivity contribution >= 4 is 0 Å². The van der Waals surface area contributed by atoms with Gasteiger partial charge < -0.3 is 11.1 Å². The minimum Gasteiger partial charge on any atom is -0.329 e. The van der Waals surface area contributed by atoms with E-state index in [0.717, 1.165) is 32.7 Å². The van der Waals surface area contributed by atoms with E-state index in [1.165, 1.54) is 12.8 Å². The molecule has 0 aliphatic heterocycles. The first kappa shape index (κ1) is 14.9. The first-order valence-electron chi connectivity index (χ1n) is 6.36. The van der Waals surface area contributed by atoms with Gasteiger partial charge >= 0.3 is 0 Å². The lowest BCUT2D eigenvalue weighted by atomic mass is 9.90. The van der Waals surface area contributed by atoms with E-state index in [0.29, 0.717) is 5.54 Å². The number of hydrogen-bond acceptors (Lipinski definition) is 3. The van der Waals surface area contributed by atoms with Gasteiger partial charge in [0.1, 0.15) is 0 Å². The van der Waals surface area contributed by atoms with Crippen LogP contribution in [0.5, 0.6) is 0 Å². The maximum absolute atomic E-state index is 5.51. The second-order valence-electron chi connectivity index (χ2n) is 4.07. The molecule has 0 aliphatic carbocycles. The SMILES string of the molecule is CCN(CC)C(CC)(CC)CNCCN.